The lowest BCUT2D eigenvalue weighted by Gasteiger charge is -2.48. The van der Waals surface area contributed by atoms with Gasteiger partial charge in [-0.3, -0.25) is 4.79 Å². The van der Waals surface area contributed by atoms with Crippen LogP contribution in [0.2, 0.25) is 0 Å². The fraction of sp³-hybridized carbons (Fsp3) is 0.900. The Morgan fingerprint density at radius 1 is 0.404 bits per heavy atom. The van der Waals surface area contributed by atoms with Gasteiger partial charge in [0.2, 0.25) is 5.91 Å². The molecule has 1 amide bonds. The number of aliphatic hydroxyl groups excluding tert-OH is 11. The maximum Gasteiger partial charge on any atom is 0.220 e. The number of aliphatic hydroxyl groups is 11. The first-order chi connectivity index (χ1) is 43.3. The molecule has 0 aliphatic carbocycles. The second-order valence-corrected chi connectivity index (χ2v) is 25.7. The van der Waals surface area contributed by atoms with E-state index in [1.807, 2.05) is 6.92 Å². The van der Waals surface area contributed by atoms with Gasteiger partial charge in [0.15, 0.2) is 18.9 Å². The number of amides is 1. The maximum absolute atomic E-state index is 13.2. The predicted molar refractivity (Wildman–Crippen MR) is 346 cm³/mol. The third kappa shape index (κ3) is 34.3. The molecule has 17 atom stereocenters. The number of unbranched alkanes of at least 4 members (excludes halogenated alkanes) is 33. The number of carbonyl (C=O) groups excluding carboxylic acids is 1. The lowest BCUT2D eigenvalue weighted by atomic mass is 9.96. The van der Waals surface area contributed by atoms with E-state index in [9.17, 15) is 61.0 Å². The molecule has 522 valence electrons. The molecule has 3 aliphatic heterocycles. The number of hydrogen-bond donors (Lipinski definition) is 12. The lowest BCUT2D eigenvalue weighted by molar-refractivity contribution is -0.379. The number of carbonyl (C=O) groups is 1. The van der Waals surface area contributed by atoms with Crippen LogP contribution in [0.25, 0.3) is 0 Å². The molecule has 0 aromatic rings. The number of allylic oxidation sites excluding steroid dienone is 6. The van der Waals surface area contributed by atoms with Gasteiger partial charge in [-0.2, -0.15) is 0 Å². The SMILES string of the molecule is CCCCCCC/C=C\C/C=C\C/C=C\CCCCCCCCCCCCCCCCCCCCCCCCCCCCC(=O)NC(COC1OC(CO)C(OC2OC(CO)C(OC3OC(CO)C(O)C(O)C3O)C(O)C2O)C(O)C1O)C(O)CCCCC. The van der Waals surface area contributed by atoms with Crippen molar-refractivity contribution in [3.05, 3.63) is 36.5 Å². The molecule has 0 saturated carbocycles. The summed E-state index contributed by atoms with van der Waals surface area (Å²) in [6, 6.07) is -0.880. The van der Waals surface area contributed by atoms with E-state index in [2.05, 4.69) is 48.7 Å². The minimum Gasteiger partial charge on any atom is -0.394 e. The second-order valence-electron chi connectivity index (χ2n) is 25.7. The van der Waals surface area contributed by atoms with Gasteiger partial charge >= 0.3 is 0 Å². The molecule has 0 spiro atoms. The van der Waals surface area contributed by atoms with Crippen LogP contribution in [0.5, 0.6) is 0 Å². The fourth-order valence-corrected chi connectivity index (χ4v) is 12.1. The molecule has 3 saturated heterocycles. The first kappa shape index (κ1) is 81.2. The summed E-state index contributed by atoms with van der Waals surface area (Å²) in [6.07, 6.45) is 35.6. The molecule has 3 heterocycles. The van der Waals surface area contributed by atoms with E-state index in [-0.39, 0.29) is 18.9 Å². The van der Waals surface area contributed by atoms with E-state index in [4.69, 9.17) is 28.4 Å². The van der Waals surface area contributed by atoms with Crippen molar-refractivity contribution < 1.29 is 89.4 Å². The third-order valence-corrected chi connectivity index (χ3v) is 18.0. The minimum absolute atomic E-state index is 0.251. The molecule has 19 heteroatoms. The van der Waals surface area contributed by atoms with Gasteiger partial charge in [0, 0.05) is 6.42 Å². The van der Waals surface area contributed by atoms with Gasteiger partial charge in [-0.15, -0.1) is 0 Å². The zero-order valence-electron chi connectivity index (χ0n) is 55.2. The second kappa shape index (κ2) is 52.3. The molecule has 0 radical (unpaired) electrons. The Bertz CT molecular complexity index is 1760. The minimum atomic E-state index is -1.97. The number of rotatable bonds is 55. The lowest BCUT2D eigenvalue weighted by Crippen LogP contribution is -2.66. The Morgan fingerprint density at radius 3 is 1.16 bits per heavy atom. The largest absolute Gasteiger partial charge is 0.394 e. The van der Waals surface area contributed by atoms with Gasteiger partial charge in [-0.25, -0.2) is 0 Å². The first-order valence-corrected chi connectivity index (χ1v) is 35.7. The summed E-state index contributed by atoms with van der Waals surface area (Å²) in [7, 11) is 0. The number of ether oxygens (including phenoxy) is 6. The zero-order chi connectivity index (χ0) is 64.7. The van der Waals surface area contributed by atoms with Crippen LogP contribution in [-0.2, 0) is 33.2 Å². The molecule has 17 unspecified atom stereocenters. The Kier molecular flexibility index (Phi) is 47.7. The van der Waals surface area contributed by atoms with E-state index in [0.29, 0.717) is 19.3 Å². The molecule has 0 bridgehead atoms. The Balaban J connectivity index is 1.17. The van der Waals surface area contributed by atoms with Crippen molar-refractivity contribution in [2.45, 2.75) is 375 Å². The summed E-state index contributed by atoms with van der Waals surface area (Å²) in [5.41, 5.74) is 0. The van der Waals surface area contributed by atoms with Crippen LogP contribution < -0.4 is 5.32 Å². The molecule has 3 aliphatic rings. The summed E-state index contributed by atoms with van der Waals surface area (Å²) in [6.45, 7) is 1.60. The monoisotopic (exact) mass is 1270 g/mol. The summed E-state index contributed by atoms with van der Waals surface area (Å²) in [4.78, 5) is 13.2. The van der Waals surface area contributed by atoms with Gasteiger partial charge in [-0.05, 0) is 51.4 Å². The standard InChI is InChI=1S/C70H129NO18/c1-3-5-7-8-9-10-11-12-13-14-15-16-17-18-19-20-21-22-23-24-25-26-27-28-29-30-31-32-33-34-35-36-37-38-39-40-41-42-43-44-46-48-58(76)71-53(54(75)47-45-6-4-2)52-84-68-64(82)61(79)66(56(50-73)86-68)89-70-65(83)62(80)67(57(51-74)87-70)88-69-63(81)60(78)59(77)55(49-72)85-69/h11-12,14-15,17-18,53-57,59-70,72-75,77-83H,3-10,13,16,19-52H2,1-2H3,(H,71,76)/b12-11-,15-14-,18-17-. The molecule has 12 N–H and O–H groups in total. The third-order valence-electron chi connectivity index (χ3n) is 18.0. The normalized spacial score (nSPS) is 28.4. The van der Waals surface area contributed by atoms with Crippen molar-refractivity contribution in [2.24, 2.45) is 0 Å². The van der Waals surface area contributed by atoms with Crippen molar-refractivity contribution in [2.75, 3.05) is 26.4 Å². The van der Waals surface area contributed by atoms with Crippen LogP contribution in [0, 0.1) is 0 Å². The van der Waals surface area contributed by atoms with Crippen LogP contribution in [0.4, 0.5) is 0 Å². The van der Waals surface area contributed by atoms with Gasteiger partial charge < -0.3 is 89.9 Å². The average molecular weight is 1270 g/mol. The smallest absolute Gasteiger partial charge is 0.220 e. The highest BCUT2D eigenvalue weighted by molar-refractivity contribution is 5.76. The van der Waals surface area contributed by atoms with E-state index in [1.165, 1.54) is 186 Å². The van der Waals surface area contributed by atoms with E-state index >= 15 is 0 Å². The molecule has 89 heavy (non-hydrogen) atoms. The molecule has 0 aromatic heterocycles. The van der Waals surface area contributed by atoms with Crippen molar-refractivity contribution in [1.29, 1.82) is 0 Å². The van der Waals surface area contributed by atoms with Crippen molar-refractivity contribution in [3.63, 3.8) is 0 Å². The summed E-state index contributed by atoms with van der Waals surface area (Å²) >= 11 is 0. The van der Waals surface area contributed by atoms with Crippen LogP contribution >= 0.6 is 0 Å². The molecule has 0 aromatic carbocycles. The van der Waals surface area contributed by atoms with Crippen LogP contribution in [-0.4, -0.2) is 193 Å². The molecular formula is C70H129NO18. The molecular weight excluding hydrogens is 1140 g/mol. The summed E-state index contributed by atoms with van der Waals surface area (Å²) in [5, 5.41) is 119. The van der Waals surface area contributed by atoms with Crippen LogP contribution in [0.3, 0.4) is 0 Å². The highest BCUT2D eigenvalue weighted by atomic mass is 16.8. The summed E-state index contributed by atoms with van der Waals surface area (Å²) in [5.74, 6) is -0.251. The highest BCUT2D eigenvalue weighted by Crippen LogP contribution is 2.33. The Morgan fingerprint density at radius 2 is 0.742 bits per heavy atom. The van der Waals surface area contributed by atoms with Crippen LogP contribution in [0.1, 0.15) is 271 Å². The van der Waals surface area contributed by atoms with E-state index < -0.39 is 124 Å². The quantitative estimate of drug-likeness (QED) is 0.0199. The van der Waals surface area contributed by atoms with Gasteiger partial charge in [0.1, 0.15) is 73.2 Å². The summed E-state index contributed by atoms with van der Waals surface area (Å²) < 4.78 is 34.1. The van der Waals surface area contributed by atoms with Crippen molar-refractivity contribution >= 4 is 5.91 Å². The van der Waals surface area contributed by atoms with Crippen molar-refractivity contribution in [3.8, 4) is 0 Å². The van der Waals surface area contributed by atoms with Crippen LogP contribution in [0.15, 0.2) is 36.5 Å². The van der Waals surface area contributed by atoms with Gasteiger partial charge in [0.05, 0.1) is 38.6 Å². The van der Waals surface area contributed by atoms with E-state index in [1.54, 1.807) is 0 Å². The van der Waals surface area contributed by atoms with Gasteiger partial charge in [-0.1, -0.05) is 249 Å². The van der Waals surface area contributed by atoms with E-state index in [0.717, 1.165) is 44.9 Å². The number of hydrogen-bond acceptors (Lipinski definition) is 18. The Hall–Kier alpha value is -1.99. The molecule has 3 fully saturated rings. The molecule has 19 nitrogen and oxygen atoms in total. The molecule has 3 rings (SSSR count). The topological polar surface area (TPSA) is 307 Å². The fourth-order valence-electron chi connectivity index (χ4n) is 12.1. The Labute approximate surface area is 536 Å². The van der Waals surface area contributed by atoms with Gasteiger partial charge in [0.25, 0.3) is 0 Å². The first-order valence-electron chi connectivity index (χ1n) is 35.7. The highest BCUT2D eigenvalue weighted by Gasteiger charge is 2.53. The maximum atomic E-state index is 13.2. The predicted octanol–water partition coefficient (Wildman–Crippen LogP) is 9.61. The average Bonchev–Trinajstić information content (AvgIpc) is 1.74. The zero-order valence-corrected chi connectivity index (χ0v) is 55.2. The van der Waals surface area contributed by atoms with Crippen molar-refractivity contribution in [1.82, 2.24) is 5.32 Å². The number of nitrogens with one attached hydrogen (secondary N) is 1.